The lowest BCUT2D eigenvalue weighted by atomic mass is 9.78. The summed E-state index contributed by atoms with van der Waals surface area (Å²) in [5.74, 6) is -0.0138. The van der Waals surface area contributed by atoms with Crippen LogP contribution in [0.1, 0.15) is 31.4 Å². The molecule has 1 aliphatic heterocycles. The van der Waals surface area contributed by atoms with Crippen LogP contribution in [-0.4, -0.2) is 18.6 Å². The van der Waals surface area contributed by atoms with Gasteiger partial charge in [-0.2, -0.15) is 0 Å². The van der Waals surface area contributed by atoms with E-state index in [-0.39, 0.29) is 11.3 Å². The molecule has 5 heteroatoms. The largest absolute Gasteiger partial charge is 0.449 e. The van der Waals surface area contributed by atoms with Gasteiger partial charge in [0.15, 0.2) is 0 Å². The van der Waals surface area contributed by atoms with Crippen LogP contribution in [0, 0.1) is 0 Å². The fourth-order valence-electron chi connectivity index (χ4n) is 3.07. The summed E-state index contributed by atoms with van der Waals surface area (Å²) in [6, 6.07) is 15.4. The minimum absolute atomic E-state index is 0.0138. The summed E-state index contributed by atoms with van der Waals surface area (Å²) in [5.41, 5.74) is 3.31. The summed E-state index contributed by atoms with van der Waals surface area (Å²) in [6.07, 6.45) is 0.620. The molecular formula is C20H22N2O3. The number of hydrogen-bond donors (Lipinski definition) is 2. The molecule has 130 valence electrons. The highest BCUT2D eigenvalue weighted by Gasteiger charge is 2.31. The van der Waals surface area contributed by atoms with Gasteiger partial charge >= 0.3 is 6.09 Å². The van der Waals surface area contributed by atoms with Crippen LogP contribution in [0.5, 0.6) is 0 Å². The normalized spacial score (nSPS) is 15.0. The Balaban J connectivity index is 1.59. The van der Waals surface area contributed by atoms with Gasteiger partial charge in [-0.15, -0.1) is 0 Å². The maximum atomic E-state index is 11.9. The van der Waals surface area contributed by atoms with E-state index in [1.165, 1.54) is 0 Å². The molecule has 25 heavy (non-hydrogen) atoms. The minimum Gasteiger partial charge on any atom is -0.449 e. The van der Waals surface area contributed by atoms with Gasteiger partial charge in [0.1, 0.15) is 0 Å². The number of ether oxygens (including phenoxy) is 1. The zero-order chi connectivity index (χ0) is 17.9. The van der Waals surface area contributed by atoms with Crippen LogP contribution >= 0.6 is 0 Å². The maximum Gasteiger partial charge on any atom is 0.411 e. The van der Waals surface area contributed by atoms with Gasteiger partial charge < -0.3 is 10.1 Å². The van der Waals surface area contributed by atoms with Crippen molar-refractivity contribution in [1.82, 2.24) is 0 Å². The van der Waals surface area contributed by atoms with E-state index < -0.39 is 6.09 Å². The molecule has 2 aromatic rings. The quantitative estimate of drug-likeness (QED) is 0.882. The molecule has 0 fully saturated rings. The molecule has 0 radical (unpaired) electrons. The van der Waals surface area contributed by atoms with Gasteiger partial charge in [0.2, 0.25) is 5.91 Å². The zero-order valence-corrected chi connectivity index (χ0v) is 14.5. The van der Waals surface area contributed by atoms with E-state index in [0.29, 0.717) is 25.1 Å². The van der Waals surface area contributed by atoms with Gasteiger partial charge in [-0.3, -0.25) is 10.1 Å². The van der Waals surface area contributed by atoms with Crippen molar-refractivity contribution in [2.75, 3.05) is 17.2 Å². The molecule has 2 amide bonds. The summed E-state index contributed by atoms with van der Waals surface area (Å²) < 4.78 is 5.22. The van der Waals surface area contributed by atoms with Gasteiger partial charge in [0, 0.05) is 29.6 Å². The lowest BCUT2D eigenvalue weighted by Crippen LogP contribution is -2.32. The second kappa shape index (κ2) is 6.97. The second-order valence-electron chi connectivity index (χ2n) is 6.87. The van der Waals surface area contributed by atoms with Crippen molar-refractivity contribution in [2.24, 2.45) is 0 Å². The van der Waals surface area contributed by atoms with Gasteiger partial charge in [0.25, 0.3) is 0 Å². The van der Waals surface area contributed by atoms with Gasteiger partial charge in [0.05, 0.1) is 6.61 Å². The van der Waals surface area contributed by atoms with E-state index in [4.69, 9.17) is 4.74 Å². The third-order valence-corrected chi connectivity index (χ3v) is 4.34. The molecule has 0 aliphatic carbocycles. The number of carbonyl (C=O) groups is 2. The summed E-state index contributed by atoms with van der Waals surface area (Å²) in [7, 11) is 0. The standard InChI is InChI=1S/C20H22N2O3/c1-20(2)13-18(23)22-17-12-15(8-9-16(17)20)21-19(24)25-11-10-14-6-4-3-5-7-14/h3-9,12H,10-11,13H2,1-2H3,(H,21,24)(H,22,23). The van der Waals surface area contributed by atoms with Crippen LogP contribution in [0.4, 0.5) is 16.2 Å². The molecule has 1 aliphatic rings. The molecule has 0 saturated carbocycles. The summed E-state index contributed by atoms with van der Waals surface area (Å²) in [6.45, 7) is 4.38. The van der Waals surface area contributed by atoms with Crippen LogP contribution in [0.2, 0.25) is 0 Å². The first kappa shape index (κ1) is 17.0. The van der Waals surface area contributed by atoms with E-state index in [2.05, 4.69) is 10.6 Å². The number of amides is 2. The highest BCUT2D eigenvalue weighted by molar-refractivity contribution is 5.97. The number of benzene rings is 2. The molecule has 1 heterocycles. The van der Waals surface area contributed by atoms with Crippen LogP contribution in [0.3, 0.4) is 0 Å². The van der Waals surface area contributed by atoms with Crippen molar-refractivity contribution >= 4 is 23.4 Å². The zero-order valence-electron chi connectivity index (χ0n) is 14.5. The number of nitrogens with one attached hydrogen (secondary N) is 2. The van der Waals surface area contributed by atoms with Crippen molar-refractivity contribution in [1.29, 1.82) is 0 Å². The lowest BCUT2D eigenvalue weighted by Gasteiger charge is -2.32. The molecule has 2 aromatic carbocycles. The average Bonchev–Trinajstić information content (AvgIpc) is 2.54. The Hall–Kier alpha value is -2.82. The summed E-state index contributed by atoms with van der Waals surface area (Å²) in [4.78, 5) is 23.8. The van der Waals surface area contributed by atoms with E-state index in [9.17, 15) is 9.59 Å². The number of carbonyl (C=O) groups excluding carboxylic acids is 2. The molecule has 2 N–H and O–H groups in total. The van der Waals surface area contributed by atoms with Crippen molar-refractivity contribution in [3.63, 3.8) is 0 Å². The SMILES string of the molecule is CC1(C)CC(=O)Nc2cc(NC(=O)OCCc3ccccc3)ccc21. The predicted molar refractivity (Wildman–Crippen MR) is 97.8 cm³/mol. The molecular weight excluding hydrogens is 316 g/mol. The second-order valence-corrected chi connectivity index (χ2v) is 6.87. The Morgan fingerprint density at radius 2 is 1.96 bits per heavy atom. The average molecular weight is 338 g/mol. The molecule has 3 rings (SSSR count). The summed E-state index contributed by atoms with van der Waals surface area (Å²) in [5, 5.41) is 5.57. The summed E-state index contributed by atoms with van der Waals surface area (Å²) >= 11 is 0. The number of rotatable bonds is 4. The van der Waals surface area contributed by atoms with Crippen molar-refractivity contribution < 1.29 is 14.3 Å². The molecule has 0 unspecified atom stereocenters. The molecule has 5 nitrogen and oxygen atoms in total. The number of hydrogen-bond acceptors (Lipinski definition) is 3. The molecule has 0 aromatic heterocycles. The van der Waals surface area contributed by atoms with Crippen molar-refractivity contribution in [3.8, 4) is 0 Å². The Morgan fingerprint density at radius 1 is 1.20 bits per heavy atom. The fourth-order valence-corrected chi connectivity index (χ4v) is 3.07. The van der Waals surface area contributed by atoms with Crippen molar-refractivity contribution in [3.05, 3.63) is 59.7 Å². The molecule has 0 spiro atoms. The Kier molecular flexibility index (Phi) is 4.74. The monoisotopic (exact) mass is 338 g/mol. The van der Waals surface area contributed by atoms with Crippen LogP contribution in [-0.2, 0) is 21.4 Å². The van der Waals surface area contributed by atoms with Gasteiger partial charge in [-0.25, -0.2) is 4.79 Å². The lowest BCUT2D eigenvalue weighted by molar-refractivity contribution is -0.117. The maximum absolute atomic E-state index is 11.9. The Labute approximate surface area is 147 Å². The van der Waals surface area contributed by atoms with Crippen LogP contribution < -0.4 is 10.6 Å². The van der Waals surface area contributed by atoms with E-state index >= 15 is 0 Å². The van der Waals surface area contributed by atoms with Crippen LogP contribution in [0.25, 0.3) is 0 Å². The first-order valence-electron chi connectivity index (χ1n) is 8.36. The third kappa shape index (κ3) is 4.18. The highest BCUT2D eigenvalue weighted by Crippen LogP contribution is 2.38. The predicted octanol–water partition coefficient (Wildman–Crippen LogP) is 4.10. The molecule has 0 saturated heterocycles. The molecule has 0 bridgehead atoms. The highest BCUT2D eigenvalue weighted by atomic mass is 16.5. The topological polar surface area (TPSA) is 67.4 Å². The van der Waals surface area contributed by atoms with Crippen molar-refractivity contribution in [2.45, 2.75) is 32.1 Å². The number of anilines is 2. The first-order chi connectivity index (χ1) is 11.9. The van der Waals surface area contributed by atoms with E-state index in [1.54, 1.807) is 6.07 Å². The van der Waals surface area contributed by atoms with Crippen LogP contribution in [0.15, 0.2) is 48.5 Å². The van der Waals surface area contributed by atoms with Gasteiger partial charge in [-0.1, -0.05) is 50.2 Å². The third-order valence-electron chi connectivity index (χ3n) is 4.34. The van der Waals surface area contributed by atoms with E-state index in [1.807, 2.05) is 56.3 Å². The minimum atomic E-state index is -0.503. The first-order valence-corrected chi connectivity index (χ1v) is 8.36. The smallest absolute Gasteiger partial charge is 0.411 e. The Morgan fingerprint density at radius 3 is 2.72 bits per heavy atom. The van der Waals surface area contributed by atoms with E-state index in [0.717, 1.165) is 16.8 Å². The molecule has 0 atom stereocenters. The van der Waals surface area contributed by atoms with Gasteiger partial charge in [-0.05, 0) is 23.3 Å². The Bertz CT molecular complexity index is 785. The fraction of sp³-hybridized carbons (Fsp3) is 0.300. The number of fused-ring (bicyclic) bond motifs is 1.